The van der Waals surface area contributed by atoms with Crippen molar-refractivity contribution in [3.05, 3.63) is 59.2 Å². The molecule has 0 atom stereocenters. The highest BCUT2D eigenvalue weighted by molar-refractivity contribution is 5.95. The number of aryl methyl sites for hydroxylation is 1. The normalized spacial score (nSPS) is 10.6. The molecule has 21 heavy (non-hydrogen) atoms. The van der Waals surface area contributed by atoms with Crippen LogP contribution in [-0.2, 0) is 0 Å². The SMILES string of the molecule is COc1ccc(O)c(/C=N\NC(=O)c2ccc(C)cc2)c1. The standard InChI is InChI=1S/C16H16N2O3/c1-11-3-5-12(6-4-11)16(20)18-17-10-13-9-14(21-2)7-8-15(13)19/h3-10,19H,1-2H3,(H,18,20)/b17-10-. The third-order valence-electron chi connectivity index (χ3n) is 2.92. The average Bonchev–Trinajstić information content (AvgIpc) is 2.49. The number of hydrogen-bond donors (Lipinski definition) is 2. The van der Waals surface area contributed by atoms with E-state index in [4.69, 9.17) is 4.74 Å². The Morgan fingerprint density at radius 1 is 1.24 bits per heavy atom. The van der Waals surface area contributed by atoms with Gasteiger partial charge in [-0.05, 0) is 37.3 Å². The van der Waals surface area contributed by atoms with E-state index in [1.807, 2.05) is 19.1 Å². The number of benzene rings is 2. The number of aromatic hydroxyl groups is 1. The monoisotopic (exact) mass is 284 g/mol. The number of amides is 1. The predicted molar refractivity (Wildman–Crippen MR) is 80.9 cm³/mol. The van der Waals surface area contributed by atoms with Crippen LogP contribution in [0.1, 0.15) is 21.5 Å². The lowest BCUT2D eigenvalue weighted by molar-refractivity contribution is 0.0955. The molecule has 5 nitrogen and oxygen atoms in total. The van der Waals surface area contributed by atoms with Crippen molar-refractivity contribution in [1.82, 2.24) is 5.43 Å². The molecule has 0 unspecified atom stereocenters. The van der Waals surface area contributed by atoms with Gasteiger partial charge in [-0.25, -0.2) is 5.43 Å². The van der Waals surface area contributed by atoms with E-state index in [2.05, 4.69) is 10.5 Å². The fraction of sp³-hybridized carbons (Fsp3) is 0.125. The summed E-state index contributed by atoms with van der Waals surface area (Å²) in [5.41, 5.74) is 4.47. The molecule has 1 amide bonds. The molecule has 0 spiro atoms. The Morgan fingerprint density at radius 3 is 2.62 bits per heavy atom. The fourth-order valence-electron chi connectivity index (χ4n) is 1.69. The van der Waals surface area contributed by atoms with Crippen molar-refractivity contribution in [3.8, 4) is 11.5 Å². The van der Waals surface area contributed by atoms with Crippen molar-refractivity contribution < 1.29 is 14.6 Å². The third kappa shape index (κ3) is 3.82. The van der Waals surface area contributed by atoms with E-state index < -0.39 is 0 Å². The zero-order chi connectivity index (χ0) is 15.2. The molecule has 0 heterocycles. The lowest BCUT2D eigenvalue weighted by Gasteiger charge is -2.03. The Labute approximate surface area is 122 Å². The molecular weight excluding hydrogens is 268 g/mol. The number of hydrazone groups is 1. The number of phenolic OH excluding ortho intramolecular Hbond substituents is 1. The van der Waals surface area contributed by atoms with Gasteiger partial charge < -0.3 is 9.84 Å². The van der Waals surface area contributed by atoms with Gasteiger partial charge in [0.15, 0.2) is 0 Å². The number of rotatable bonds is 4. The van der Waals surface area contributed by atoms with Crippen LogP contribution in [0.4, 0.5) is 0 Å². The Morgan fingerprint density at radius 2 is 1.95 bits per heavy atom. The van der Waals surface area contributed by atoms with Gasteiger partial charge in [-0.15, -0.1) is 0 Å². The summed E-state index contributed by atoms with van der Waals surface area (Å²) in [7, 11) is 1.53. The Hall–Kier alpha value is -2.82. The molecule has 108 valence electrons. The maximum Gasteiger partial charge on any atom is 0.271 e. The molecular formula is C16H16N2O3. The molecule has 0 aliphatic rings. The molecule has 2 rings (SSSR count). The van der Waals surface area contributed by atoms with E-state index in [1.165, 1.54) is 19.4 Å². The first-order valence-electron chi connectivity index (χ1n) is 6.37. The maximum atomic E-state index is 11.8. The highest BCUT2D eigenvalue weighted by Crippen LogP contribution is 2.20. The van der Waals surface area contributed by atoms with E-state index >= 15 is 0 Å². The van der Waals surface area contributed by atoms with E-state index in [1.54, 1.807) is 24.3 Å². The Kier molecular flexibility index (Phi) is 4.56. The quantitative estimate of drug-likeness (QED) is 0.669. The van der Waals surface area contributed by atoms with E-state index in [0.29, 0.717) is 16.9 Å². The van der Waals surface area contributed by atoms with Crippen molar-refractivity contribution >= 4 is 12.1 Å². The van der Waals surface area contributed by atoms with Crippen molar-refractivity contribution in [2.75, 3.05) is 7.11 Å². The zero-order valence-electron chi connectivity index (χ0n) is 11.8. The van der Waals surface area contributed by atoms with Gasteiger partial charge in [0, 0.05) is 11.1 Å². The van der Waals surface area contributed by atoms with Crippen molar-refractivity contribution in [2.45, 2.75) is 6.92 Å². The molecule has 0 fully saturated rings. The minimum atomic E-state index is -0.311. The van der Waals surface area contributed by atoms with Crippen LogP contribution in [0.2, 0.25) is 0 Å². The lowest BCUT2D eigenvalue weighted by atomic mass is 10.1. The van der Waals surface area contributed by atoms with Crippen LogP contribution >= 0.6 is 0 Å². The summed E-state index contributed by atoms with van der Waals surface area (Å²) >= 11 is 0. The summed E-state index contributed by atoms with van der Waals surface area (Å²) < 4.78 is 5.06. The summed E-state index contributed by atoms with van der Waals surface area (Å²) in [5.74, 6) is 0.344. The molecule has 0 aromatic heterocycles. The summed E-state index contributed by atoms with van der Waals surface area (Å²) in [5, 5.41) is 13.5. The molecule has 2 N–H and O–H groups in total. The highest BCUT2D eigenvalue weighted by Gasteiger charge is 2.04. The topological polar surface area (TPSA) is 70.9 Å². The van der Waals surface area contributed by atoms with Gasteiger partial charge in [0.05, 0.1) is 13.3 Å². The summed E-state index contributed by atoms with van der Waals surface area (Å²) in [6, 6.07) is 11.9. The first-order valence-corrected chi connectivity index (χ1v) is 6.37. The van der Waals surface area contributed by atoms with Gasteiger partial charge in [0.2, 0.25) is 0 Å². The number of methoxy groups -OCH3 is 1. The van der Waals surface area contributed by atoms with Crippen molar-refractivity contribution in [1.29, 1.82) is 0 Å². The number of phenols is 1. The average molecular weight is 284 g/mol. The van der Waals surface area contributed by atoms with Crippen molar-refractivity contribution in [3.63, 3.8) is 0 Å². The number of carbonyl (C=O) groups excluding carboxylic acids is 1. The molecule has 0 aliphatic carbocycles. The second kappa shape index (κ2) is 6.56. The molecule has 0 bridgehead atoms. The molecule has 0 aliphatic heterocycles. The second-order valence-corrected chi connectivity index (χ2v) is 4.49. The Bertz CT molecular complexity index is 664. The number of hydrogen-bond acceptors (Lipinski definition) is 4. The molecule has 0 saturated heterocycles. The van der Waals surface area contributed by atoms with E-state index in [9.17, 15) is 9.90 Å². The molecule has 0 radical (unpaired) electrons. The first-order chi connectivity index (χ1) is 10.1. The molecule has 2 aromatic rings. The highest BCUT2D eigenvalue weighted by atomic mass is 16.5. The predicted octanol–water partition coefficient (Wildman–Crippen LogP) is 2.47. The second-order valence-electron chi connectivity index (χ2n) is 4.49. The van der Waals surface area contributed by atoms with E-state index in [-0.39, 0.29) is 11.7 Å². The third-order valence-corrected chi connectivity index (χ3v) is 2.92. The van der Waals surface area contributed by atoms with Gasteiger partial charge in [0.1, 0.15) is 11.5 Å². The van der Waals surface area contributed by atoms with Gasteiger partial charge >= 0.3 is 0 Å². The molecule has 5 heteroatoms. The van der Waals surface area contributed by atoms with Crippen LogP contribution in [0.3, 0.4) is 0 Å². The molecule has 0 saturated carbocycles. The van der Waals surface area contributed by atoms with Gasteiger partial charge in [-0.2, -0.15) is 5.10 Å². The van der Waals surface area contributed by atoms with Crippen LogP contribution in [0.25, 0.3) is 0 Å². The van der Waals surface area contributed by atoms with Crippen LogP contribution in [0.5, 0.6) is 11.5 Å². The smallest absolute Gasteiger partial charge is 0.271 e. The number of carbonyl (C=O) groups is 1. The lowest BCUT2D eigenvalue weighted by Crippen LogP contribution is -2.17. The van der Waals surface area contributed by atoms with Crippen LogP contribution in [-0.4, -0.2) is 24.3 Å². The minimum absolute atomic E-state index is 0.0594. The Balaban J connectivity index is 2.05. The number of ether oxygens (including phenoxy) is 1. The summed E-state index contributed by atoms with van der Waals surface area (Å²) in [6.45, 7) is 1.95. The van der Waals surface area contributed by atoms with Crippen LogP contribution in [0.15, 0.2) is 47.6 Å². The zero-order valence-corrected chi connectivity index (χ0v) is 11.8. The maximum absolute atomic E-state index is 11.8. The largest absolute Gasteiger partial charge is 0.507 e. The summed E-state index contributed by atoms with van der Waals surface area (Å²) in [4.78, 5) is 11.8. The number of nitrogens with one attached hydrogen (secondary N) is 1. The van der Waals surface area contributed by atoms with Gasteiger partial charge in [-0.1, -0.05) is 17.7 Å². The minimum Gasteiger partial charge on any atom is -0.507 e. The first kappa shape index (κ1) is 14.6. The van der Waals surface area contributed by atoms with Crippen molar-refractivity contribution in [2.24, 2.45) is 5.10 Å². The van der Waals surface area contributed by atoms with Gasteiger partial charge in [-0.3, -0.25) is 4.79 Å². The fourth-order valence-corrected chi connectivity index (χ4v) is 1.69. The van der Waals surface area contributed by atoms with Gasteiger partial charge in [0.25, 0.3) is 5.91 Å². The summed E-state index contributed by atoms with van der Waals surface area (Å²) in [6.07, 6.45) is 1.37. The van der Waals surface area contributed by atoms with Crippen LogP contribution < -0.4 is 10.2 Å². The van der Waals surface area contributed by atoms with E-state index in [0.717, 1.165) is 5.56 Å². The number of nitrogens with zero attached hydrogens (tertiary/aromatic N) is 1. The van der Waals surface area contributed by atoms with Crippen LogP contribution in [0, 0.1) is 6.92 Å². The molecule has 2 aromatic carbocycles.